The molecule has 28 heavy (non-hydrogen) atoms. The lowest BCUT2D eigenvalue weighted by atomic mass is 9.79. The van der Waals surface area contributed by atoms with Crippen molar-refractivity contribution in [2.24, 2.45) is 0 Å². The first-order valence-corrected chi connectivity index (χ1v) is 9.00. The molecule has 8 heteroatoms. The predicted molar refractivity (Wildman–Crippen MR) is 102 cm³/mol. The smallest absolute Gasteiger partial charge is 0.336 e. The van der Waals surface area contributed by atoms with Crippen LogP contribution in [0.25, 0.3) is 0 Å². The summed E-state index contributed by atoms with van der Waals surface area (Å²) in [6.45, 7) is 8.74. The number of hydrogen-bond donors (Lipinski definition) is 1. The average Bonchev–Trinajstić information content (AvgIpc) is 2.60. The average molecular weight is 388 g/mol. The molecule has 1 aromatic carbocycles. The standard InChI is InChI=1S/C20H24N2O6/c1-6-27-19(23)16-12(4)21-13(5)17(20(24)28-7-2)18(16)14-10-11(3)8-9-15(14)22(25)26/h8-10,18,21H,6-7H2,1-5H3. The van der Waals surface area contributed by atoms with Gasteiger partial charge in [0.05, 0.1) is 35.2 Å². The van der Waals surface area contributed by atoms with E-state index in [1.54, 1.807) is 46.8 Å². The van der Waals surface area contributed by atoms with Gasteiger partial charge in [-0.1, -0.05) is 11.6 Å². The van der Waals surface area contributed by atoms with E-state index < -0.39 is 22.8 Å². The first-order valence-electron chi connectivity index (χ1n) is 9.00. The van der Waals surface area contributed by atoms with Crippen molar-refractivity contribution in [1.82, 2.24) is 5.32 Å². The van der Waals surface area contributed by atoms with Crippen LogP contribution in [0, 0.1) is 17.0 Å². The molecule has 1 aliphatic rings. The summed E-state index contributed by atoms with van der Waals surface area (Å²) in [7, 11) is 0. The highest BCUT2D eigenvalue weighted by Gasteiger charge is 2.40. The van der Waals surface area contributed by atoms with Crippen molar-refractivity contribution in [2.45, 2.75) is 40.5 Å². The molecular weight excluding hydrogens is 364 g/mol. The molecule has 0 aromatic heterocycles. The van der Waals surface area contributed by atoms with Crippen LogP contribution in [0.1, 0.15) is 44.7 Å². The molecule has 1 heterocycles. The summed E-state index contributed by atoms with van der Waals surface area (Å²) in [5, 5.41) is 14.7. The third-order valence-corrected chi connectivity index (χ3v) is 4.44. The summed E-state index contributed by atoms with van der Waals surface area (Å²) in [4.78, 5) is 36.6. The highest BCUT2D eigenvalue weighted by atomic mass is 16.6. The fraction of sp³-hybridized carbons (Fsp3) is 0.400. The van der Waals surface area contributed by atoms with Gasteiger partial charge in [0.1, 0.15) is 0 Å². The molecular formula is C20H24N2O6. The molecule has 2 rings (SSSR count). The Morgan fingerprint density at radius 1 is 1.04 bits per heavy atom. The zero-order valence-electron chi connectivity index (χ0n) is 16.6. The van der Waals surface area contributed by atoms with Gasteiger partial charge in [0.15, 0.2) is 0 Å². The predicted octanol–water partition coefficient (Wildman–Crippen LogP) is 3.26. The van der Waals surface area contributed by atoms with Gasteiger partial charge in [-0.25, -0.2) is 9.59 Å². The van der Waals surface area contributed by atoms with E-state index in [1.807, 2.05) is 0 Å². The van der Waals surface area contributed by atoms with Crippen LogP contribution in [0.5, 0.6) is 0 Å². The van der Waals surface area contributed by atoms with Gasteiger partial charge in [0.2, 0.25) is 0 Å². The normalized spacial score (nSPS) is 14.6. The number of carbonyl (C=O) groups excluding carboxylic acids is 2. The Morgan fingerprint density at radius 3 is 1.96 bits per heavy atom. The van der Waals surface area contributed by atoms with Crippen molar-refractivity contribution in [1.29, 1.82) is 0 Å². The maximum absolute atomic E-state index is 12.7. The summed E-state index contributed by atoms with van der Waals surface area (Å²) in [5.41, 5.74) is 2.10. The molecule has 0 atom stereocenters. The van der Waals surface area contributed by atoms with Crippen LogP contribution in [0.2, 0.25) is 0 Å². The molecule has 0 saturated heterocycles. The number of aryl methyl sites for hydroxylation is 1. The number of allylic oxidation sites excluding steroid dienone is 2. The largest absolute Gasteiger partial charge is 0.463 e. The van der Waals surface area contributed by atoms with Gasteiger partial charge < -0.3 is 14.8 Å². The zero-order chi connectivity index (χ0) is 21.0. The van der Waals surface area contributed by atoms with Gasteiger partial charge in [-0.3, -0.25) is 10.1 Å². The van der Waals surface area contributed by atoms with Crippen LogP contribution in [0.15, 0.2) is 40.7 Å². The summed E-state index contributed by atoms with van der Waals surface area (Å²) in [5.74, 6) is -2.25. The number of benzene rings is 1. The molecule has 1 N–H and O–H groups in total. The fourth-order valence-corrected chi connectivity index (χ4v) is 3.34. The van der Waals surface area contributed by atoms with Gasteiger partial charge in [-0.05, 0) is 40.7 Å². The van der Waals surface area contributed by atoms with Gasteiger partial charge in [0, 0.05) is 23.0 Å². The second-order valence-corrected chi connectivity index (χ2v) is 6.40. The van der Waals surface area contributed by atoms with Gasteiger partial charge in [-0.15, -0.1) is 0 Å². The zero-order valence-corrected chi connectivity index (χ0v) is 16.6. The Morgan fingerprint density at radius 2 is 1.54 bits per heavy atom. The Labute approximate surface area is 163 Å². The van der Waals surface area contributed by atoms with Gasteiger partial charge in [0.25, 0.3) is 5.69 Å². The Hall–Kier alpha value is -3.16. The lowest BCUT2D eigenvalue weighted by Gasteiger charge is -2.30. The minimum atomic E-state index is -0.973. The van der Waals surface area contributed by atoms with E-state index in [9.17, 15) is 19.7 Å². The molecule has 0 radical (unpaired) electrons. The number of ether oxygens (including phenoxy) is 2. The number of nitro benzene ring substituents is 1. The van der Waals surface area contributed by atoms with E-state index >= 15 is 0 Å². The highest BCUT2D eigenvalue weighted by molar-refractivity contribution is 6.00. The molecule has 0 spiro atoms. The van der Waals surface area contributed by atoms with Crippen molar-refractivity contribution in [2.75, 3.05) is 13.2 Å². The first kappa shape index (κ1) is 21.1. The summed E-state index contributed by atoms with van der Waals surface area (Å²) >= 11 is 0. The lowest BCUT2D eigenvalue weighted by molar-refractivity contribution is -0.385. The van der Waals surface area contributed by atoms with E-state index in [0.29, 0.717) is 11.4 Å². The van der Waals surface area contributed by atoms with E-state index in [0.717, 1.165) is 5.56 Å². The second-order valence-electron chi connectivity index (χ2n) is 6.40. The maximum Gasteiger partial charge on any atom is 0.336 e. The van der Waals surface area contributed by atoms with Gasteiger partial charge in [-0.2, -0.15) is 0 Å². The van der Waals surface area contributed by atoms with Crippen LogP contribution in [0.3, 0.4) is 0 Å². The lowest BCUT2D eigenvalue weighted by Crippen LogP contribution is -2.33. The molecule has 0 fully saturated rings. The molecule has 8 nitrogen and oxygen atoms in total. The van der Waals surface area contributed by atoms with E-state index in [-0.39, 0.29) is 35.6 Å². The van der Waals surface area contributed by atoms with Crippen LogP contribution in [-0.2, 0) is 19.1 Å². The molecule has 0 bridgehead atoms. The Kier molecular flexibility index (Phi) is 6.56. The number of esters is 2. The van der Waals surface area contributed by atoms with E-state index in [2.05, 4.69) is 5.32 Å². The van der Waals surface area contributed by atoms with Crippen LogP contribution in [-0.4, -0.2) is 30.1 Å². The third-order valence-electron chi connectivity index (χ3n) is 4.44. The topological polar surface area (TPSA) is 108 Å². The SMILES string of the molecule is CCOC(=O)C1=C(C)NC(C)=C(C(=O)OCC)C1c1cc(C)ccc1[N+](=O)[O-]. The minimum Gasteiger partial charge on any atom is -0.463 e. The minimum absolute atomic E-state index is 0.135. The van der Waals surface area contributed by atoms with Crippen molar-refractivity contribution in [3.8, 4) is 0 Å². The summed E-state index contributed by atoms with van der Waals surface area (Å²) in [6, 6.07) is 4.61. The molecule has 0 unspecified atom stereocenters. The van der Waals surface area contributed by atoms with Crippen LogP contribution in [0.4, 0.5) is 5.69 Å². The third kappa shape index (κ3) is 4.05. The van der Waals surface area contributed by atoms with Crippen molar-refractivity contribution >= 4 is 17.6 Å². The number of nitrogens with zero attached hydrogens (tertiary/aromatic N) is 1. The second kappa shape index (κ2) is 8.69. The number of carbonyl (C=O) groups is 2. The van der Waals surface area contributed by atoms with E-state index in [1.165, 1.54) is 6.07 Å². The fourth-order valence-electron chi connectivity index (χ4n) is 3.34. The number of dihydropyridines is 1. The maximum atomic E-state index is 12.7. The van der Waals surface area contributed by atoms with E-state index in [4.69, 9.17) is 9.47 Å². The Bertz CT molecular complexity index is 845. The van der Waals surface area contributed by atoms with Crippen LogP contribution < -0.4 is 5.32 Å². The quantitative estimate of drug-likeness (QED) is 0.453. The van der Waals surface area contributed by atoms with Gasteiger partial charge >= 0.3 is 11.9 Å². The summed E-state index contributed by atoms with van der Waals surface area (Å²) in [6.07, 6.45) is 0. The molecule has 0 amide bonds. The number of rotatable bonds is 6. The molecule has 0 saturated carbocycles. The number of hydrogen-bond acceptors (Lipinski definition) is 7. The molecule has 1 aliphatic heterocycles. The molecule has 0 aliphatic carbocycles. The van der Waals surface area contributed by atoms with Crippen molar-refractivity contribution in [3.05, 3.63) is 62.0 Å². The Balaban J connectivity index is 2.81. The number of nitro groups is 1. The number of nitrogens with one attached hydrogen (secondary N) is 1. The highest BCUT2D eigenvalue weighted by Crippen LogP contribution is 2.42. The summed E-state index contributed by atoms with van der Waals surface area (Å²) < 4.78 is 10.4. The first-order chi connectivity index (χ1) is 13.2. The molecule has 1 aromatic rings. The monoisotopic (exact) mass is 388 g/mol. The van der Waals surface area contributed by atoms with Crippen LogP contribution >= 0.6 is 0 Å². The molecule has 150 valence electrons. The van der Waals surface area contributed by atoms with Crippen molar-refractivity contribution < 1.29 is 24.0 Å². The van der Waals surface area contributed by atoms with Crippen molar-refractivity contribution in [3.63, 3.8) is 0 Å².